The zero-order valence-corrected chi connectivity index (χ0v) is 14.1. The second-order valence-electron chi connectivity index (χ2n) is 4.85. The Morgan fingerprint density at radius 3 is 2.46 bits per heavy atom. The molecule has 122 valence electrons. The Morgan fingerprint density at radius 2 is 1.71 bits per heavy atom. The summed E-state index contributed by atoms with van der Waals surface area (Å²) in [5, 5.41) is 11.5. The quantitative estimate of drug-likeness (QED) is 0.570. The molecule has 6 nitrogen and oxygen atoms in total. The SMILES string of the molecule is COc1ccccc1C=Nn1c(-c2ccccc2OC)n[nH]c1=S. The van der Waals surface area contributed by atoms with Crippen LogP contribution in [0.15, 0.2) is 53.6 Å². The van der Waals surface area contributed by atoms with Crippen LogP contribution in [0.5, 0.6) is 11.5 Å². The summed E-state index contributed by atoms with van der Waals surface area (Å²) in [5.41, 5.74) is 1.64. The molecule has 1 aromatic heterocycles. The van der Waals surface area contributed by atoms with Crippen molar-refractivity contribution in [3.63, 3.8) is 0 Å². The molecule has 1 N–H and O–H groups in total. The monoisotopic (exact) mass is 340 g/mol. The first kappa shape index (κ1) is 15.9. The van der Waals surface area contributed by atoms with Crippen molar-refractivity contribution in [1.82, 2.24) is 14.9 Å². The van der Waals surface area contributed by atoms with Crippen LogP contribution in [-0.2, 0) is 0 Å². The zero-order chi connectivity index (χ0) is 16.9. The van der Waals surface area contributed by atoms with Gasteiger partial charge in [-0.05, 0) is 36.5 Å². The highest BCUT2D eigenvalue weighted by molar-refractivity contribution is 7.71. The normalized spacial score (nSPS) is 10.9. The van der Waals surface area contributed by atoms with Crippen molar-refractivity contribution in [1.29, 1.82) is 0 Å². The Labute approximate surface area is 144 Å². The van der Waals surface area contributed by atoms with Gasteiger partial charge in [-0.1, -0.05) is 24.3 Å². The average molecular weight is 340 g/mol. The van der Waals surface area contributed by atoms with Crippen LogP contribution >= 0.6 is 12.2 Å². The van der Waals surface area contributed by atoms with Crippen LogP contribution in [0.3, 0.4) is 0 Å². The van der Waals surface area contributed by atoms with Gasteiger partial charge >= 0.3 is 0 Å². The number of rotatable bonds is 5. The van der Waals surface area contributed by atoms with E-state index in [1.807, 2.05) is 48.5 Å². The van der Waals surface area contributed by atoms with Crippen molar-refractivity contribution < 1.29 is 9.47 Å². The molecule has 0 spiro atoms. The second kappa shape index (κ2) is 7.10. The van der Waals surface area contributed by atoms with E-state index in [4.69, 9.17) is 21.7 Å². The largest absolute Gasteiger partial charge is 0.496 e. The molecule has 0 unspecified atom stereocenters. The molecule has 3 aromatic rings. The van der Waals surface area contributed by atoms with Gasteiger partial charge < -0.3 is 9.47 Å². The molecule has 3 rings (SSSR count). The minimum atomic E-state index is 0.391. The van der Waals surface area contributed by atoms with Crippen LogP contribution in [0.1, 0.15) is 5.56 Å². The summed E-state index contributed by atoms with van der Waals surface area (Å²) < 4.78 is 12.7. The fraction of sp³-hybridized carbons (Fsp3) is 0.118. The lowest BCUT2D eigenvalue weighted by molar-refractivity contribution is 0.414. The first-order valence-corrected chi connectivity index (χ1v) is 7.63. The van der Waals surface area contributed by atoms with Gasteiger partial charge in [-0.2, -0.15) is 14.9 Å². The number of nitrogens with one attached hydrogen (secondary N) is 1. The number of H-pyrrole nitrogens is 1. The molecule has 0 bridgehead atoms. The summed E-state index contributed by atoms with van der Waals surface area (Å²) in [7, 11) is 3.24. The van der Waals surface area contributed by atoms with Gasteiger partial charge in [0.25, 0.3) is 0 Å². The van der Waals surface area contributed by atoms with Crippen molar-refractivity contribution in [3.05, 3.63) is 58.9 Å². The first-order valence-electron chi connectivity index (χ1n) is 7.22. The molecule has 0 aliphatic rings. The number of aromatic amines is 1. The minimum Gasteiger partial charge on any atom is -0.496 e. The molecule has 1 heterocycles. The van der Waals surface area contributed by atoms with E-state index in [1.54, 1.807) is 25.1 Å². The van der Waals surface area contributed by atoms with Gasteiger partial charge in [-0.3, -0.25) is 0 Å². The van der Waals surface area contributed by atoms with Crippen LogP contribution in [0, 0.1) is 4.77 Å². The Hall–Kier alpha value is -2.93. The summed E-state index contributed by atoms with van der Waals surface area (Å²) in [6.45, 7) is 0. The van der Waals surface area contributed by atoms with Gasteiger partial charge in [-0.25, -0.2) is 5.10 Å². The number of nitrogens with zero attached hydrogens (tertiary/aromatic N) is 3. The number of methoxy groups -OCH3 is 2. The Balaban J connectivity index is 2.05. The molecular formula is C17H16N4O2S. The van der Waals surface area contributed by atoms with Gasteiger partial charge in [-0.15, -0.1) is 0 Å². The summed E-state index contributed by atoms with van der Waals surface area (Å²) >= 11 is 5.29. The molecule has 0 aliphatic carbocycles. The summed E-state index contributed by atoms with van der Waals surface area (Å²) in [6.07, 6.45) is 1.68. The van der Waals surface area contributed by atoms with Crippen LogP contribution in [0.2, 0.25) is 0 Å². The van der Waals surface area contributed by atoms with Crippen LogP contribution < -0.4 is 9.47 Å². The van der Waals surface area contributed by atoms with Crippen LogP contribution in [0.25, 0.3) is 11.4 Å². The van der Waals surface area contributed by atoms with Crippen molar-refractivity contribution in [3.8, 4) is 22.9 Å². The first-order chi connectivity index (χ1) is 11.7. The third-order valence-corrected chi connectivity index (χ3v) is 3.71. The third kappa shape index (κ3) is 3.07. The number of para-hydroxylation sites is 2. The molecule has 0 fully saturated rings. The minimum absolute atomic E-state index is 0.391. The smallest absolute Gasteiger partial charge is 0.216 e. The van der Waals surface area contributed by atoms with Crippen molar-refractivity contribution >= 4 is 18.4 Å². The third-order valence-electron chi connectivity index (χ3n) is 3.45. The van der Waals surface area contributed by atoms with E-state index in [0.717, 1.165) is 16.9 Å². The molecule has 2 aromatic carbocycles. The van der Waals surface area contributed by atoms with E-state index in [-0.39, 0.29) is 0 Å². The fourth-order valence-electron chi connectivity index (χ4n) is 2.30. The molecule has 0 saturated carbocycles. The van der Waals surface area contributed by atoms with E-state index in [1.165, 1.54) is 0 Å². The van der Waals surface area contributed by atoms with E-state index < -0.39 is 0 Å². The van der Waals surface area contributed by atoms with Crippen molar-refractivity contribution in [2.75, 3.05) is 14.2 Å². The zero-order valence-electron chi connectivity index (χ0n) is 13.3. The molecule has 0 atom stereocenters. The van der Waals surface area contributed by atoms with Crippen LogP contribution in [-0.4, -0.2) is 35.3 Å². The predicted molar refractivity (Wildman–Crippen MR) is 95.4 cm³/mol. The summed E-state index contributed by atoms with van der Waals surface area (Å²) in [6, 6.07) is 15.2. The number of hydrogen-bond donors (Lipinski definition) is 1. The highest BCUT2D eigenvalue weighted by Gasteiger charge is 2.12. The van der Waals surface area contributed by atoms with E-state index >= 15 is 0 Å². The lowest BCUT2D eigenvalue weighted by atomic mass is 10.2. The molecule has 0 aliphatic heterocycles. The number of aromatic nitrogens is 3. The molecule has 0 saturated heterocycles. The molecule has 24 heavy (non-hydrogen) atoms. The maximum absolute atomic E-state index is 5.39. The fourth-order valence-corrected chi connectivity index (χ4v) is 2.47. The van der Waals surface area contributed by atoms with E-state index in [2.05, 4.69) is 15.3 Å². The number of ether oxygens (including phenoxy) is 2. The second-order valence-corrected chi connectivity index (χ2v) is 5.24. The van der Waals surface area contributed by atoms with Crippen molar-refractivity contribution in [2.45, 2.75) is 0 Å². The Kier molecular flexibility index (Phi) is 4.72. The predicted octanol–water partition coefficient (Wildman–Crippen LogP) is 3.51. The van der Waals surface area contributed by atoms with E-state index in [0.29, 0.717) is 16.3 Å². The van der Waals surface area contributed by atoms with Gasteiger partial charge in [0, 0.05) is 5.56 Å². The Bertz CT molecular complexity index is 930. The lowest BCUT2D eigenvalue weighted by Gasteiger charge is -2.07. The standard InChI is InChI=1S/C17H16N4O2S/c1-22-14-9-5-3-7-12(14)11-18-21-16(19-20-17(21)24)13-8-4-6-10-15(13)23-2/h3-11H,1-2H3,(H,20,24). The Morgan fingerprint density at radius 1 is 1.04 bits per heavy atom. The highest BCUT2D eigenvalue weighted by Crippen LogP contribution is 2.28. The molecule has 7 heteroatoms. The van der Waals surface area contributed by atoms with E-state index in [9.17, 15) is 0 Å². The van der Waals surface area contributed by atoms with Crippen molar-refractivity contribution in [2.24, 2.45) is 5.10 Å². The highest BCUT2D eigenvalue weighted by atomic mass is 32.1. The van der Waals surface area contributed by atoms with Gasteiger partial charge in [0.2, 0.25) is 4.77 Å². The molecular weight excluding hydrogens is 324 g/mol. The average Bonchev–Trinajstić information content (AvgIpc) is 3.00. The summed E-state index contributed by atoms with van der Waals surface area (Å²) in [4.78, 5) is 0. The molecule has 0 radical (unpaired) electrons. The topological polar surface area (TPSA) is 64.4 Å². The van der Waals surface area contributed by atoms with Crippen LogP contribution in [0.4, 0.5) is 0 Å². The lowest BCUT2D eigenvalue weighted by Crippen LogP contribution is -1.98. The van der Waals surface area contributed by atoms with Gasteiger partial charge in [0.15, 0.2) is 5.82 Å². The van der Waals surface area contributed by atoms with Gasteiger partial charge in [0.05, 0.1) is 26.0 Å². The number of hydrogen-bond acceptors (Lipinski definition) is 5. The summed E-state index contributed by atoms with van der Waals surface area (Å²) in [5.74, 6) is 2.00. The van der Waals surface area contributed by atoms with Gasteiger partial charge in [0.1, 0.15) is 11.5 Å². The molecule has 0 amide bonds. The maximum Gasteiger partial charge on any atom is 0.216 e. The maximum atomic E-state index is 5.39. The number of benzene rings is 2.